The maximum absolute atomic E-state index is 13.2. The van der Waals surface area contributed by atoms with Crippen LogP contribution < -0.4 is 0 Å². The van der Waals surface area contributed by atoms with Gasteiger partial charge in [0.15, 0.2) is 37.4 Å². The summed E-state index contributed by atoms with van der Waals surface area (Å²) in [5.41, 5.74) is -5.40. The fourth-order valence-corrected chi connectivity index (χ4v) is 17.4. The number of carbonyl (C=O) groups is 3. The molecule has 9 aliphatic rings. The number of hydrogen-bond acceptors (Lipinski definition) is 26. The first-order chi connectivity index (χ1) is 39.1. The van der Waals surface area contributed by atoms with Crippen LogP contribution >= 0.6 is 0 Å². The van der Waals surface area contributed by atoms with Gasteiger partial charge in [-0.25, -0.2) is 4.79 Å². The third-order valence-electron chi connectivity index (χ3n) is 22.0. The highest BCUT2D eigenvalue weighted by Gasteiger charge is 2.76. The Kier molecular flexibility index (Phi) is 18.5. The second kappa shape index (κ2) is 23.6. The lowest BCUT2D eigenvalue weighted by atomic mass is 9.32. The molecule has 4 aliphatic heterocycles. The highest BCUT2D eigenvalue weighted by molar-refractivity contribution is 5.73. The Bertz CT molecular complexity index is 2430. The molecule has 0 aromatic heterocycles. The van der Waals surface area contributed by atoms with Crippen molar-refractivity contribution < 1.29 is 133 Å². The number of fused-ring (bicyclic) bond motifs is 7. The van der Waals surface area contributed by atoms with Crippen molar-refractivity contribution in [2.45, 2.75) is 255 Å². The lowest BCUT2D eigenvalue weighted by Crippen LogP contribution is -2.77. The number of aliphatic hydroxyl groups is 13. The highest BCUT2D eigenvalue weighted by Crippen LogP contribution is 2.76. The van der Waals surface area contributed by atoms with E-state index >= 15 is 0 Å². The number of allylic oxidation sites excluding steroid dienone is 1. The molecule has 0 amide bonds. The van der Waals surface area contributed by atoms with Crippen LogP contribution in [0.25, 0.3) is 0 Å². The van der Waals surface area contributed by atoms with Crippen LogP contribution in [-0.2, 0) is 61.8 Å². The maximum Gasteiger partial charge on any atom is 0.335 e. The number of carboxylic acid groups (broad SMARTS) is 1. The second-order valence-electron chi connectivity index (χ2n) is 27.3. The molecule has 31 atom stereocenters. The van der Waals surface area contributed by atoms with Crippen LogP contribution in [0.2, 0.25) is 0 Å². The van der Waals surface area contributed by atoms with Crippen molar-refractivity contribution in [3.8, 4) is 0 Å². The van der Waals surface area contributed by atoms with Crippen molar-refractivity contribution in [2.75, 3.05) is 19.8 Å². The molecule has 27 nitrogen and oxygen atoms in total. The third-order valence-corrected chi connectivity index (χ3v) is 22.0. The first kappa shape index (κ1) is 65.7. The van der Waals surface area contributed by atoms with Gasteiger partial charge in [0, 0.05) is 24.7 Å². The molecule has 0 bridgehead atoms. The zero-order valence-electron chi connectivity index (χ0n) is 49.1. The smallest absolute Gasteiger partial charge is 0.335 e. The largest absolute Gasteiger partial charge is 0.479 e. The van der Waals surface area contributed by atoms with Crippen molar-refractivity contribution in [3.05, 3.63) is 11.6 Å². The van der Waals surface area contributed by atoms with Crippen molar-refractivity contribution in [1.29, 1.82) is 0 Å². The van der Waals surface area contributed by atoms with E-state index in [0.29, 0.717) is 25.7 Å². The normalized spacial score (nSPS) is 52.4. The van der Waals surface area contributed by atoms with Crippen LogP contribution in [0.5, 0.6) is 0 Å². The zero-order chi connectivity index (χ0) is 62.0. The van der Waals surface area contributed by atoms with Gasteiger partial charge in [0.25, 0.3) is 0 Å². The second-order valence-corrected chi connectivity index (χ2v) is 27.3. The van der Waals surface area contributed by atoms with Crippen LogP contribution in [0.15, 0.2) is 11.6 Å². The molecule has 27 heteroatoms. The number of esters is 2. The molecule has 0 aromatic carbocycles. The van der Waals surface area contributed by atoms with Crippen molar-refractivity contribution in [2.24, 2.45) is 50.2 Å². The lowest BCUT2D eigenvalue weighted by Gasteiger charge is -2.73. The molecule has 0 radical (unpaired) electrons. The topological polar surface area (TPSA) is 427 Å². The quantitative estimate of drug-likeness (QED) is 0.0475. The van der Waals surface area contributed by atoms with E-state index in [-0.39, 0.29) is 24.7 Å². The van der Waals surface area contributed by atoms with Gasteiger partial charge in [-0.1, -0.05) is 60.1 Å². The number of hydrogen-bond donors (Lipinski definition) is 14. The summed E-state index contributed by atoms with van der Waals surface area (Å²) in [5, 5.41) is 157. The molecule has 14 N–H and O–H groups in total. The Morgan fingerprint density at radius 1 is 0.583 bits per heavy atom. The van der Waals surface area contributed by atoms with Gasteiger partial charge >= 0.3 is 17.9 Å². The van der Waals surface area contributed by atoms with Crippen molar-refractivity contribution >= 4 is 17.9 Å². The van der Waals surface area contributed by atoms with Crippen LogP contribution in [0.4, 0.5) is 0 Å². The van der Waals surface area contributed by atoms with Gasteiger partial charge in [-0.05, 0) is 79.4 Å². The van der Waals surface area contributed by atoms with Gasteiger partial charge < -0.3 is 119 Å². The van der Waals surface area contributed by atoms with Gasteiger partial charge in [0.2, 0.25) is 0 Å². The monoisotopic (exact) mass is 1210 g/mol. The fraction of sp³-hybridized carbons (Fsp3) is 0.912. The minimum atomic E-state index is -2.15. The fourth-order valence-electron chi connectivity index (χ4n) is 17.4. The van der Waals surface area contributed by atoms with Gasteiger partial charge in [-0.2, -0.15) is 0 Å². The first-order valence-corrected chi connectivity index (χ1v) is 29.3. The standard InChI is InChI=1S/C57H90O27/c1-21-39(76-22(2)61)34(66)37(69)48(75-21)84-46-45(77-23(3)62)52(4,5)17-25-24-11-12-29-54(8)15-14-30(53(6,7)28(54)13-16-55(29,9)56(24,10)43(71)44(72)57(25,46)20-60)80-51-42(83-50-36(68)33(65)31(63)26(18-58)78-50)40(38(70)41(82-51)47(73)74)81-49-35(67)32(64)27(19-59)79-49/h11,21,25-46,48-51,58-60,63-72H,12-20H2,1-10H3,(H,73,74)/t21-,25?,26+,27+,28?,29?,30-,31-,32+,33-,34-,35-,36+,37-,38-,39-,40-,41-,42+,43+,44-,45-,46+,48+,49+,50-,51-,54-,55+,56-,57-/m0/s1. The van der Waals surface area contributed by atoms with E-state index in [2.05, 4.69) is 19.9 Å². The molecule has 8 fully saturated rings. The summed E-state index contributed by atoms with van der Waals surface area (Å²) in [6, 6.07) is 0. The Morgan fingerprint density at radius 3 is 1.71 bits per heavy atom. The minimum Gasteiger partial charge on any atom is -0.479 e. The molecule has 0 aromatic rings. The molecule has 5 aliphatic carbocycles. The average Bonchev–Trinajstić information content (AvgIpc) is 0.720. The van der Waals surface area contributed by atoms with Crippen LogP contribution in [-0.4, -0.2) is 256 Å². The zero-order valence-corrected chi connectivity index (χ0v) is 49.1. The number of carbonyl (C=O) groups excluding carboxylic acids is 2. The molecule has 4 saturated carbocycles. The van der Waals surface area contributed by atoms with E-state index in [0.717, 1.165) is 12.5 Å². The molecule has 84 heavy (non-hydrogen) atoms. The molecule has 4 saturated heterocycles. The Labute approximate surface area is 486 Å². The number of aliphatic hydroxyl groups excluding tert-OH is 13. The van der Waals surface area contributed by atoms with Crippen LogP contribution in [0.1, 0.15) is 108 Å². The SMILES string of the molecule is CC(=O)O[C@@H]1[C@@H](O)[C@H](O)[C@@H](O[C@@H]2[C@H](OC(C)=O)C(C)(C)CC3C4=CCC5[C@@]6(C)CC[C@H](O[C@H]7O[C@H](C(=O)O)[C@@H](O)[C@H](O[C@H]8O[C@H](CO)[C@@H](O)[C@@H]8O)[C@H]7O[C@@H]7O[C@H](CO)[C@H](O)[C@H](O)[C@H]7O)C(C)(C)C6CC[C@@]5(C)[C@]4(C)[C@H](O)[C@H](O)[C@]32CO)O[C@H]1C. The summed E-state index contributed by atoms with van der Waals surface area (Å²) in [6.07, 6.45) is -35.6. The Balaban J connectivity index is 1.04. The predicted octanol–water partition coefficient (Wildman–Crippen LogP) is -2.78. The molecule has 0 spiro atoms. The van der Waals surface area contributed by atoms with Crippen LogP contribution in [0, 0.1) is 50.2 Å². The summed E-state index contributed by atoms with van der Waals surface area (Å²) < 4.78 is 60.5. The molecular weight excluding hydrogens is 1120 g/mol. The molecule has 3 unspecified atom stereocenters. The maximum atomic E-state index is 13.2. The van der Waals surface area contributed by atoms with E-state index in [4.69, 9.17) is 47.4 Å². The van der Waals surface area contributed by atoms with E-state index in [1.165, 1.54) is 13.8 Å². The summed E-state index contributed by atoms with van der Waals surface area (Å²) in [5.74, 6) is -4.26. The number of aliphatic carboxylic acids is 1. The first-order valence-electron chi connectivity index (χ1n) is 29.3. The van der Waals surface area contributed by atoms with Gasteiger partial charge in [0.05, 0.1) is 49.7 Å². The van der Waals surface area contributed by atoms with E-state index < -0.39 is 223 Å². The molecular formula is C57H90O27. The minimum absolute atomic E-state index is 0.196. The van der Waals surface area contributed by atoms with E-state index in [1.54, 1.807) is 0 Å². The highest BCUT2D eigenvalue weighted by atomic mass is 16.8. The average molecular weight is 1210 g/mol. The third kappa shape index (κ3) is 10.3. The number of rotatable bonds is 14. The van der Waals surface area contributed by atoms with Gasteiger partial charge in [-0.3, -0.25) is 9.59 Å². The van der Waals surface area contributed by atoms with E-state index in [9.17, 15) is 85.9 Å². The summed E-state index contributed by atoms with van der Waals surface area (Å²) in [4.78, 5) is 37.9. The van der Waals surface area contributed by atoms with Crippen molar-refractivity contribution in [1.82, 2.24) is 0 Å². The molecule has 4 heterocycles. The lowest BCUT2D eigenvalue weighted by molar-refractivity contribution is -0.386. The number of ether oxygens (including phenoxy) is 10. The molecule has 480 valence electrons. The predicted molar refractivity (Wildman–Crippen MR) is 280 cm³/mol. The summed E-state index contributed by atoms with van der Waals surface area (Å²) in [6.45, 7) is 15.4. The van der Waals surface area contributed by atoms with Gasteiger partial charge in [-0.15, -0.1) is 0 Å². The Hall–Kier alpha value is -2.69. The summed E-state index contributed by atoms with van der Waals surface area (Å²) >= 11 is 0. The summed E-state index contributed by atoms with van der Waals surface area (Å²) in [7, 11) is 0. The van der Waals surface area contributed by atoms with E-state index in [1.807, 2.05) is 34.6 Å². The van der Waals surface area contributed by atoms with Crippen molar-refractivity contribution in [3.63, 3.8) is 0 Å². The molecule has 9 rings (SSSR count). The van der Waals surface area contributed by atoms with Crippen LogP contribution in [0.3, 0.4) is 0 Å². The Morgan fingerprint density at radius 2 is 1.14 bits per heavy atom. The van der Waals surface area contributed by atoms with Gasteiger partial charge in [0.1, 0.15) is 85.5 Å². The number of carboxylic acids is 1.